The summed E-state index contributed by atoms with van der Waals surface area (Å²) < 4.78 is 11.0. The Morgan fingerprint density at radius 1 is 0.793 bits per heavy atom. The lowest BCUT2D eigenvalue weighted by Crippen LogP contribution is -2.06. The van der Waals surface area contributed by atoms with E-state index in [4.69, 9.17) is 9.15 Å². The normalized spacial score (nSPS) is 10.7. The van der Waals surface area contributed by atoms with Crippen LogP contribution in [0.25, 0.3) is 33.6 Å². The summed E-state index contributed by atoms with van der Waals surface area (Å²) in [6.07, 6.45) is 2.04. The Morgan fingerprint density at radius 3 is 2.07 bits per heavy atom. The zero-order valence-corrected chi connectivity index (χ0v) is 17.0. The van der Waals surface area contributed by atoms with E-state index in [2.05, 4.69) is 12.1 Å². The maximum Gasteiger partial charge on any atom is 0.344 e. The van der Waals surface area contributed by atoms with Gasteiger partial charge in [-0.1, -0.05) is 42.5 Å². The minimum atomic E-state index is -0.353. The highest BCUT2D eigenvalue weighted by molar-refractivity contribution is 7.98. The second kappa shape index (κ2) is 8.41. The molecule has 4 rings (SSSR count). The van der Waals surface area contributed by atoms with Crippen molar-refractivity contribution >= 4 is 11.8 Å². The smallest absolute Gasteiger partial charge is 0.344 e. The molecule has 3 aromatic carbocycles. The number of hydrogen-bond donors (Lipinski definition) is 0. The van der Waals surface area contributed by atoms with Gasteiger partial charge in [0.2, 0.25) is 0 Å². The summed E-state index contributed by atoms with van der Waals surface area (Å²) in [7, 11) is 1.63. The molecule has 4 heteroatoms. The van der Waals surface area contributed by atoms with Crippen LogP contribution in [0.15, 0.2) is 99.0 Å². The summed E-state index contributed by atoms with van der Waals surface area (Å²) in [6.45, 7) is 0. The molecule has 0 N–H and O–H groups in total. The highest BCUT2D eigenvalue weighted by atomic mass is 32.2. The molecule has 0 aliphatic rings. The van der Waals surface area contributed by atoms with E-state index in [9.17, 15) is 4.79 Å². The number of benzene rings is 3. The Balaban J connectivity index is 1.92. The van der Waals surface area contributed by atoms with Crippen LogP contribution in [0.3, 0.4) is 0 Å². The van der Waals surface area contributed by atoms with Crippen LogP contribution in [0.5, 0.6) is 5.75 Å². The molecule has 144 valence electrons. The van der Waals surface area contributed by atoms with Crippen LogP contribution in [0, 0.1) is 0 Å². The van der Waals surface area contributed by atoms with Crippen molar-refractivity contribution in [1.29, 1.82) is 0 Å². The SMILES string of the molecule is COc1ccc(-c2cc(-c3ccc(SC)cc3)c(-c3ccccc3)c(=O)o2)cc1. The third kappa shape index (κ3) is 3.98. The van der Waals surface area contributed by atoms with Gasteiger partial charge in [0.1, 0.15) is 11.5 Å². The van der Waals surface area contributed by atoms with Crippen LogP contribution >= 0.6 is 11.8 Å². The van der Waals surface area contributed by atoms with Crippen LogP contribution in [-0.2, 0) is 0 Å². The van der Waals surface area contributed by atoms with Gasteiger partial charge >= 0.3 is 5.63 Å². The van der Waals surface area contributed by atoms with Gasteiger partial charge in [-0.2, -0.15) is 0 Å². The Kier molecular flexibility index (Phi) is 5.54. The fourth-order valence-electron chi connectivity index (χ4n) is 3.27. The molecule has 0 radical (unpaired) electrons. The standard InChI is InChI=1S/C25H20O3S/c1-27-20-12-8-18(9-13-20)23-16-22(17-10-14-21(29-2)15-11-17)24(25(26)28-23)19-6-4-3-5-7-19/h3-16H,1-2H3. The van der Waals surface area contributed by atoms with Crippen molar-refractivity contribution in [3.63, 3.8) is 0 Å². The van der Waals surface area contributed by atoms with Gasteiger partial charge < -0.3 is 9.15 Å². The Labute approximate surface area is 174 Å². The maximum absolute atomic E-state index is 13.1. The summed E-state index contributed by atoms with van der Waals surface area (Å²) in [6, 6.07) is 27.3. The van der Waals surface area contributed by atoms with Crippen molar-refractivity contribution in [1.82, 2.24) is 0 Å². The Morgan fingerprint density at radius 2 is 1.45 bits per heavy atom. The molecule has 29 heavy (non-hydrogen) atoms. The topological polar surface area (TPSA) is 39.4 Å². The first-order valence-electron chi connectivity index (χ1n) is 9.22. The average molecular weight is 400 g/mol. The lowest BCUT2D eigenvalue weighted by molar-refractivity contribution is 0.415. The summed E-state index contributed by atoms with van der Waals surface area (Å²) in [4.78, 5) is 14.2. The summed E-state index contributed by atoms with van der Waals surface area (Å²) >= 11 is 1.69. The fourth-order valence-corrected chi connectivity index (χ4v) is 3.68. The van der Waals surface area contributed by atoms with Crippen molar-refractivity contribution in [2.24, 2.45) is 0 Å². The Hall–Kier alpha value is -3.24. The predicted octanol–water partition coefficient (Wildman–Crippen LogP) is 6.37. The molecule has 0 amide bonds. The van der Waals surface area contributed by atoms with Crippen molar-refractivity contribution in [2.75, 3.05) is 13.4 Å². The fraction of sp³-hybridized carbons (Fsp3) is 0.0800. The molecule has 4 aromatic rings. The van der Waals surface area contributed by atoms with Crippen LogP contribution in [0.2, 0.25) is 0 Å². The Bertz CT molecular complexity index is 1160. The first-order valence-corrected chi connectivity index (χ1v) is 10.4. The lowest BCUT2D eigenvalue weighted by Gasteiger charge is -2.12. The first-order chi connectivity index (χ1) is 14.2. The molecule has 0 bridgehead atoms. The largest absolute Gasteiger partial charge is 0.497 e. The van der Waals surface area contributed by atoms with Crippen molar-refractivity contribution in [3.8, 4) is 39.3 Å². The van der Waals surface area contributed by atoms with Crippen LogP contribution < -0.4 is 10.4 Å². The molecule has 0 saturated carbocycles. The lowest BCUT2D eigenvalue weighted by atomic mass is 9.95. The van der Waals surface area contributed by atoms with Crippen LogP contribution in [0.1, 0.15) is 0 Å². The second-order valence-electron chi connectivity index (χ2n) is 6.51. The number of methoxy groups -OCH3 is 1. The molecular weight excluding hydrogens is 380 g/mol. The molecule has 1 aromatic heterocycles. The number of thioether (sulfide) groups is 1. The number of hydrogen-bond acceptors (Lipinski definition) is 4. The van der Waals surface area contributed by atoms with Crippen LogP contribution in [-0.4, -0.2) is 13.4 Å². The summed E-state index contributed by atoms with van der Waals surface area (Å²) in [5.41, 5.74) is 3.71. The predicted molar refractivity (Wildman–Crippen MR) is 120 cm³/mol. The van der Waals surface area contributed by atoms with Crippen molar-refractivity contribution < 1.29 is 9.15 Å². The molecule has 0 aliphatic heterocycles. The van der Waals surface area contributed by atoms with E-state index < -0.39 is 0 Å². The van der Waals surface area contributed by atoms with Gasteiger partial charge in [-0.05, 0) is 59.8 Å². The quantitative estimate of drug-likeness (QED) is 0.365. The molecule has 0 aliphatic carbocycles. The zero-order valence-electron chi connectivity index (χ0n) is 16.2. The highest BCUT2D eigenvalue weighted by Crippen LogP contribution is 2.34. The zero-order chi connectivity index (χ0) is 20.2. The average Bonchev–Trinajstić information content (AvgIpc) is 2.79. The molecule has 1 heterocycles. The second-order valence-corrected chi connectivity index (χ2v) is 7.39. The molecule has 0 atom stereocenters. The van der Waals surface area contributed by atoms with E-state index >= 15 is 0 Å². The van der Waals surface area contributed by atoms with Crippen molar-refractivity contribution in [3.05, 3.63) is 95.3 Å². The molecule has 0 unspecified atom stereocenters. The summed E-state index contributed by atoms with van der Waals surface area (Å²) in [5, 5.41) is 0. The van der Waals surface area contributed by atoms with Gasteiger partial charge in [0.25, 0.3) is 0 Å². The van der Waals surface area contributed by atoms with Gasteiger partial charge in [-0.15, -0.1) is 11.8 Å². The molecular formula is C25H20O3S. The molecule has 0 fully saturated rings. The number of rotatable bonds is 5. The number of ether oxygens (including phenoxy) is 1. The van der Waals surface area contributed by atoms with E-state index in [1.54, 1.807) is 18.9 Å². The van der Waals surface area contributed by atoms with E-state index in [1.165, 1.54) is 4.90 Å². The summed E-state index contributed by atoms with van der Waals surface area (Å²) in [5.74, 6) is 1.28. The third-order valence-corrected chi connectivity index (χ3v) is 5.53. The molecule has 0 spiro atoms. The third-order valence-electron chi connectivity index (χ3n) is 4.79. The van der Waals surface area contributed by atoms with E-state index in [0.717, 1.165) is 28.0 Å². The van der Waals surface area contributed by atoms with Gasteiger partial charge in [-0.25, -0.2) is 4.79 Å². The molecule has 0 saturated heterocycles. The first kappa shape index (κ1) is 19.1. The van der Waals surface area contributed by atoms with Gasteiger partial charge in [0.05, 0.1) is 12.7 Å². The van der Waals surface area contributed by atoms with E-state index in [0.29, 0.717) is 11.3 Å². The monoisotopic (exact) mass is 400 g/mol. The molecule has 3 nitrogen and oxygen atoms in total. The van der Waals surface area contributed by atoms with Gasteiger partial charge in [0, 0.05) is 16.0 Å². The maximum atomic E-state index is 13.1. The van der Waals surface area contributed by atoms with Gasteiger partial charge in [0.15, 0.2) is 0 Å². The highest BCUT2D eigenvalue weighted by Gasteiger charge is 2.16. The minimum Gasteiger partial charge on any atom is -0.497 e. The van der Waals surface area contributed by atoms with E-state index in [1.807, 2.05) is 79.1 Å². The van der Waals surface area contributed by atoms with Crippen LogP contribution in [0.4, 0.5) is 0 Å². The van der Waals surface area contributed by atoms with Gasteiger partial charge in [-0.3, -0.25) is 0 Å². The van der Waals surface area contributed by atoms with Crippen molar-refractivity contribution in [2.45, 2.75) is 4.90 Å². The minimum absolute atomic E-state index is 0.353. The van der Waals surface area contributed by atoms with E-state index in [-0.39, 0.29) is 5.63 Å².